The van der Waals surface area contributed by atoms with Crippen molar-refractivity contribution in [1.29, 1.82) is 0 Å². The van der Waals surface area contributed by atoms with Crippen LogP contribution in [-0.2, 0) is 21.9 Å². The summed E-state index contributed by atoms with van der Waals surface area (Å²) in [5.74, 6) is 0. The zero-order valence-electron chi connectivity index (χ0n) is 11.1. The van der Waals surface area contributed by atoms with Crippen LogP contribution < -0.4 is 4.31 Å². The van der Waals surface area contributed by atoms with E-state index in [0.29, 0.717) is 18.0 Å². The van der Waals surface area contributed by atoms with Crippen LogP contribution in [0.25, 0.3) is 0 Å². The number of hydrogen-bond acceptors (Lipinski definition) is 2. The number of sulfonamides is 1. The van der Waals surface area contributed by atoms with E-state index < -0.39 is 10.0 Å². The molecule has 0 saturated heterocycles. The van der Waals surface area contributed by atoms with Crippen molar-refractivity contribution in [2.24, 2.45) is 0 Å². The first kappa shape index (κ1) is 13.7. The minimum absolute atomic E-state index is 0.109. The molecule has 0 bridgehead atoms. The fraction of sp³-hybridized carbons (Fsp3) is 0.538. The summed E-state index contributed by atoms with van der Waals surface area (Å²) in [6, 6.07) is 3.80. The van der Waals surface area contributed by atoms with Gasteiger partial charge in [-0.15, -0.1) is 0 Å². The lowest BCUT2D eigenvalue weighted by atomic mass is 9.85. The molecule has 100 valence electrons. The molecule has 0 fully saturated rings. The fourth-order valence-corrected chi connectivity index (χ4v) is 3.61. The van der Waals surface area contributed by atoms with Gasteiger partial charge in [0.15, 0.2) is 0 Å². The molecule has 5 heteroatoms. The molecule has 1 aliphatic heterocycles. The lowest BCUT2D eigenvalue weighted by Crippen LogP contribution is -2.30. The molecular weight excluding hydrogens is 270 g/mol. The number of hydrogen-bond donors (Lipinski definition) is 0. The third kappa shape index (κ3) is 2.24. The molecule has 0 atom stereocenters. The Hall–Kier alpha value is -0.740. The van der Waals surface area contributed by atoms with E-state index in [-0.39, 0.29) is 5.41 Å². The average molecular weight is 288 g/mol. The Morgan fingerprint density at radius 1 is 1.28 bits per heavy atom. The number of benzene rings is 1. The molecule has 0 spiro atoms. The van der Waals surface area contributed by atoms with E-state index in [9.17, 15) is 8.42 Å². The molecule has 0 aromatic heterocycles. The molecule has 0 radical (unpaired) electrons. The van der Waals surface area contributed by atoms with E-state index in [4.69, 9.17) is 11.6 Å². The van der Waals surface area contributed by atoms with Gasteiger partial charge in [0.05, 0.1) is 11.9 Å². The Balaban J connectivity index is 2.73. The summed E-state index contributed by atoms with van der Waals surface area (Å²) >= 11 is 6.19. The third-order valence-corrected chi connectivity index (χ3v) is 4.77. The second-order valence-electron chi connectivity index (χ2n) is 5.76. The second-order valence-corrected chi connectivity index (χ2v) is 8.07. The van der Waals surface area contributed by atoms with Gasteiger partial charge < -0.3 is 0 Å². The smallest absolute Gasteiger partial charge is 0.232 e. The molecule has 0 aliphatic carbocycles. The maximum Gasteiger partial charge on any atom is 0.232 e. The third-order valence-electron chi connectivity index (χ3n) is 3.25. The van der Waals surface area contributed by atoms with Gasteiger partial charge in [0.1, 0.15) is 0 Å². The highest BCUT2D eigenvalue weighted by Crippen LogP contribution is 2.42. The maximum absolute atomic E-state index is 11.9. The standard InChI is InChI=1S/C13H18ClNO2S/c1-13(2,3)10-5-6-11(14)9-7-8-15(12(9)10)18(4,16)17/h5-6H,7-8H2,1-4H3. The zero-order chi connectivity index (χ0) is 13.7. The SMILES string of the molecule is CC(C)(C)c1ccc(Cl)c2c1N(S(C)(=O)=O)CC2. The molecule has 0 N–H and O–H groups in total. The lowest BCUT2D eigenvalue weighted by Gasteiger charge is -2.27. The Bertz CT molecular complexity index is 588. The van der Waals surface area contributed by atoms with Crippen LogP contribution in [0.5, 0.6) is 0 Å². The number of rotatable bonds is 1. The molecule has 3 nitrogen and oxygen atoms in total. The summed E-state index contributed by atoms with van der Waals surface area (Å²) in [6.45, 7) is 6.72. The van der Waals surface area contributed by atoms with Crippen LogP contribution in [0.1, 0.15) is 31.9 Å². The van der Waals surface area contributed by atoms with E-state index in [1.807, 2.05) is 12.1 Å². The summed E-state index contributed by atoms with van der Waals surface area (Å²) in [5, 5.41) is 0.657. The molecule has 18 heavy (non-hydrogen) atoms. The summed E-state index contributed by atoms with van der Waals surface area (Å²) in [4.78, 5) is 0. The van der Waals surface area contributed by atoms with E-state index in [1.165, 1.54) is 10.6 Å². The van der Waals surface area contributed by atoms with Gasteiger partial charge in [-0.1, -0.05) is 38.4 Å². The van der Waals surface area contributed by atoms with Crippen molar-refractivity contribution in [2.75, 3.05) is 17.1 Å². The minimum atomic E-state index is -3.24. The fourth-order valence-electron chi connectivity index (χ4n) is 2.40. The monoisotopic (exact) mass is 287 g/mol. The topological polar surface area (TPSA) is 37.4 Å². The van der Waals surface area contributed by atoms with Crippen molar-refractivity contribution in [3.05, 3.63) is 28.3 Å². The van der Waals surface area contributed by atoms with Gasteiger partial charge in [0.2, 0.25) is 10.0 Å². The molecule has 0 unspecified atom stereocenters. The van der Waals surface area contributed by atoms with Crippen molar-refractivity contribution in [1.82, 2.24) is 0 Å². The maximum atomic E-state index is 11.9. The first-order valence-corrected chi connectivity index (χ1v) is 8.14. The van der Waals surface area contributed by atoms with Crippen LogP contribution in [0.15, 0.2) is 12.1 Å². The Morgan fingerprint density at radius 2 is 1.89 bits per heavy atom. The van der Waals surface area contributed by atoms with Crippen LogP contribution >= 0.6 is 11.6 Å². The molecule has 1 heterocycles. The van der Waals surface area contributed by atoms with Crippen molar-refractivity contribution in [3.63, 3.8) is 0 Å². The lowest BCUT2D eigenvalue weighted by molar-refractivity contribution is 0.586. The van der Waals surface area contributed by atoms with Gasteiger partial charge in [-0.25, -0.2) is 8.42 Å². The highest BCUT2D eigenvalue weighted by atomic mass is 35.5. The van der Waals surface area contributed by atoms with Crippen LogP contribution in [-0.4, -0.2) is 21.2 Å². The van der Waals surface area contributed by atoms with Crippen molar-refractivity contribution < 1.29 is 8.42 Å². The number of anilines is 1. The molecule has 0 saturated carbocycles. The van der Waals surface area contributed by atoms with Crippen molar-refractivity contribution in [3.8, 4) is 0 Å². The van der Waals surface area contributed by atoms with Crippen LogP contribution in [0.3, 0.4) is 0 Å². The van der Waals surface area contributed by atoms with Crippen LogP contribution in [0, 0.1) is 0 Å². The first-order chi connectivity index (χ1) is 8.12. The predicted molar refractivity (Wildman–Crippen MR) is 76.0 cm³/mol. The van der Waals surface area contributed by atoms with E-state index in [0.717, 1.165) is 16.8 Å². The van der Waals surface area contributed by atoms with Gasteiger partial charge in [-0.2, -0.15) is 0 Å². The molecule has 2 rings (SSSR count). The van der Waals surface area contributed by atoms with Gasteiger partial charge in [0.25, 0.3) is 0 Å². The van der Waals surface area contributed by atoms with Crippen LogP contribution in [0.2, 0.25) is 5.02 Å². The number of nitrogens with zero attached hydrogens (tertiary/aromatic N) is 1. The van der Waals surface area contributed by atoms with Crippen molar-refractivity contribution in [2.45, 2.75) is 32.6 Å². The normalized spacial score (nSPS) is 15.9. The summed E-state index contributed by atoms with van der Waals surface area (Å²) in [6.07, 6.45) is 1.93. The molecule has 1 aromatic carbocycles. The van der Waals surface area contributed by atoms with Crippen LogP contribution in [0.4, 0.5) is 5.69 Å². The predicted octanol–water partition coefficient (Wildman–Crippen LogP) is 2.96. The quantitative estimate of drug-likeness (QED) is 0.796. The average Bonchev–Trinajstić information content (AvgIpc) is 2.60. The van der Waals surface area contributed by atoms with E-state index in [1.54, 1.807) is 0 Å². The second kappa shape index (κ2) is 4.14. The van der Waals surface area contributed by atoms with Crippen molar-refractivity contribution >= 4 is 27.3 Å². The number of halogens is 1. The van der Waals surface area contributed by atoms with Gasteiger partial charge in [0, 0.05) is 11.6 Å². The number of fused-ring (bicyclic) bond motifs is 1. The first-order valence-electron chi connectivity index (χ1n) is 5.92. The Labute approximate surface area is 114 Å². The van der Waals surface area contributed by atoms with E-state index in [2.05, 4.69) is 20.8 Å². The minimum Gasteiger partial charge on any atom is -0.270 e. The van der Waals surface area contributed by atoms with E-state index >= 15 is 0 Å². The Kier molecular flexibility index (Phi) is 3.14. The molecule has 1 aliphatic rings. The largest absolute Gasteiger partial charge is 0.270 e. The summed E-state index contributed by atoms with van der Waals surface area (Å²) in [5.41, 5.74) is 2.67. The highest BCUT2D eigenvalue weighted by molar-refractivity contribution is 7.92. The summed E-state index contributed by atoms with van der Waals surface area (Å²) < 4.78 is 25.2. The highest BCUT2D eigenvalue weighted by Gasteiger charge is 2.33. The molecule has 1 aromatic rings. The van der Waals surface area contributed by atoms with Gasteiger partial charge >= 0.3 is 0 Å². The summed E-state index contributed by atoms with van der Waals surface area (Å²) in [7, 11) is -3.24. The molecular formula is C13H18ClNO2S. The Morgan fingerprint density at radius 3 is 2.39 bits per heavy atom. The van der Waals surface area contributed by atoms with Gasteiger partial charge in [-0.05, 0) is 29.0 Å². The zero-order valence-corrected chi connectivity index (χ0v) is 12.7. The molecule has 0 amide bonds. The van der Waals surface area contributed by atoms with Gasteiger partial charge in [-0.3, -0.25) is 4.31 Å².